The van der Waals surface area contributed by atoms with Crippen molar-refractivity contribution in [1.82, 2.24) is 0 Å². The van der Waals surface area contributed by atoms with Crippen LogP contribution in [0.1, 0.15) is 32.1 Å². The van der Waals surface area contributed by atoms with Gasteiger partial charge < -0.3 is 5.11 Å². The normalized spacial score (nSPS) is 15.2. The van der Waals surface area contributed by atoms with E-state index in [0.717, 1.165) is 0 Å². The van der Waals surface area contributed by atoms with Crippen LogP contribution in [-0.4, -0.2) is 17.4 Å². The molecule has 58 valence electrons. The van der Waals surface area contributed by atoms with Gasteiger partial charge in [0.25, 0.3) is 0 Å². The van der Waals surface area contributed by atoms with Crippen molar-refractivity contribution in [2.45, 2.75) is 32.1 Å². The smallest absolute Gasteiger partial charge is 0.368 e. The van der Waals surface area contributed by atoms with Gasteiger partial charge in [-0.2, -0.15) is 0 Å². The average Bonchev–Trinajstić information content (AvgIpc) is 2.43. The summed E-state index contributed by atoms with van der Waals surface area (Å²) in [7, 11) is 0. The summed E-state index contributed by atoms with van der Waals surface area (Å²) in [5.41, 5.74) is 0. The summed E-state index contributed by atoms with van der Waals surface area (Å²) >= 11 is 0. The number of aldehydes is 1. The van der Waals surface area contributed by atoms with E-state index in [-0.39, 0.29) is 6.29 Å². The largest absolute Gasteiger partial charge is 0.476 e. The number of carbonyl (C=O) groups is 2. The molecule has 0 aliphatic heterocycles. The van der Waals surface area contributed by atoms with Crippen molar-refractivity contribution in [3.8, 4) is 0 Å². The summed E-state index contributed by atoms with van der Waals surface area (Å²) in [6.07, 6.45) is 7.33. The molecule has 0 heterocycles. The molecule has 0 atom stereocenters. The fourth-order valence-electron chi connectivity index (χ4n) is 0.884. The van der Waals surface area contributed by atoms with Crippen LogP contribution in [0.2, 0.25) is 0 Å². The van der Waals surface area contributed by atoms with Gasteiger partial charge in [-0.05, 0) is 0 Å². The first-order valence-electron chi connectivity index (χ1n) is 3.45. The van der Waals surface area contributed by atoms with Crippen LogP contribution in [0.25, 0.3) is 0 Å². The van der Waals surface area contributed by atoms with Crippen molar-refractivity contribution in [2.24, 2.45) is 0 Å². The molecule has 3 heteroatoms. The zero-order valence-electron chi connectivity index (χ0n) is 5.88. The third kappa shape index (κ3) is 7.14. The Kier molecular flexibility index (Phi) is 5.72. The third-order valence-electron chi connectivity index (χ3n) is 1.35. The summed E-state index contributed by atoms with van der Waals surface area (Å²) < 4.78 is 0. The van der Waals surface area contributed by atoms with Crippen LogP contribution in [0.5, 0.6) is 0 Å². The predicted octanol–water partition coefficient (Wildman–Crippen LogP) is 1.22. The fourth-order valence-corrected chi connectivity index (χ4v) is 0.884. The number of carbonyl (C=O) groups excluding carboxylic acids is 1. The molecule has 0 radical (unpaired) electrons. The van der Waals surface area contributed by atoms with Gasteiger partial charge in [0, 0.05) is 0 Å². The van der Waals surface area contributed by atoms with Crippen LogP contribution < -0.4 is 0 Å². The Morgan fingerprint density at radius 1 is 1.10 bits per heavy atom. The predicted molar refractivity (Wildman–Crippen MR) is 36.8 cm³/mol. The summed E-state index contributed by atoms with van der Waals surface area (Å²) in [5.74, 6) is -1.43. The Morgan fingerprint density at radius 2 is 1.30 bits per heavy atom. The van der Waals surface area contributed by atoms with E-state index >= 15 is 0 Å². The second-order valence-electron chi connectivity index (χ2n) is 2.22. The minimum atomic E-state index is -1.43. The van der Waals surface area contributed by atoms with E-state index < -0.39 is 5.97 Å². The summed E-state index contributed by atoms with van der Waals surface area (Å²) in [4.78, 5) is 17.9. The highest BCUT2D eigenvalue weighted by atomic mass is 16.4. The molecular formula is C7H12O3. The highest BCUT2D eigenvalue weighted by molar-refractivity contribution is 6.19. The number of aliphatic carboxylic acids is 1. The van der Waals surface area contributed by atoms with E-state index in [1.165, 1.54) is 32.1 Å². The molecule has 0 spiro atoms. The van der Waals surface area contributed by atoms with Gasteiger partial charge in [0.05, 0.1) is 0 Å². The standard InChI is InChI=1S/C5H10.C2H2O3/c1-2-4-5-3-1;3-1-2(4)5/h1-5H2;1H,(H,4,5). The molecule has 0 aromatic carbocycles. The molecule has 10 heavy (non-hydrogen) atoms. The molecule has 0 aromatic rings. The van der Waals surface area contributed by atoms with E-state index in [1.807, 2.05) is 0 Å². The van der Waals surface area contributed by atoms with Gasteiger partial charge in [0.1, 0.15) is 0 Å². The zero-order valence-corrected chi connectivity index (χ0v) is 5.88. The lowest BCUT2D eigenvalue weighted by molar-refractivity contribution is -0.143. The van der Waals surface area contributed by atoms with Crippen molar-refractivity contribution >= 4 is 12.3 Å². The molecule has 0 amide bonds. The molecule has 0 unspecified atom stereocenters. The second-order valence-corrected chi connectivity index (χ2v) is 2.22. The van der Waals surface area contributed by atoms with E-state index in [1.54, 1.807) is 0 Å². The third-order valence-corrected chi connectivity index (χ3v) is 1.35. The van der Waals surface area contributed by atoms with Crippen LogP contribution in [0.3, 0.4) is 0 Å². The van der Waals surface area contributed by atoms with Crippen molar-refractivity contribution in [1.29, 1.82) is 0 Å². The van der Waals surface area contributed by atoms with E-state index in [4.69, 9.17) is 14.7 Å². The van der Waals surface area contributed by atoms with E-state index in [2.05, 4.69) is 0 Å². The maximum Gasteiger partial charge on any atom is 0.368 e. The Bertz CT molecular complexity index is 97.8. The zero-order chi connectivity index (χ0) is 7.82. The monoisotopic (exact) mass is 144 g/mol. The van der Waals surface area contributed by atoms with Gasteiger partial charge in [-0.15, -0.1) is 0 Å². The number of rotatable bonds is 1. The molecule has 1 saturated carbocycles. The lowest BCUT2D eigenvalue weighted by Crippen LogP contribution is -1.91. The van der Waals surface area contributed by atoms with Gasteiger partial charge in [0.15, 0.2) is 0 Å². The maximum atomic E-state index is 9.00. The van der Waals surface area contributed by atoms with E-state index in [9.17, 15) is 0 Å². The van der Waals surface area contributed by atoms with Crippen LogP contribution in [0.4, 0.5) is 0 Å². The van der Waals surface area contributed by atoms with Crippen molar-refractivity contribution in [2.75, 3.05) is 0 Å². The molecule has 3 nitrogen and oxygen atoms in total. The number of carboxylic acids is 1. The van der Waals surface area contributed by atoms with Gasteiger partial charge in [-0.1, -0.05) is 32.1 Å². The van der Waals surface area contributed by atoms with Crippen LogP contribution in [0.15, 0.2) is 0 Å². The Labute approximate surface area is 60.0 Å². The highest BCUT2D eigenvalue weighted by Gasteiger charge is 1.95. The maximum absolute atomic E-state index is 9.00. The molecule has 1 N–H and O–H groups in total. The van der Waals surface area contributed by atoms with Gasteiger partial charge >= 0.3 is 5.97 Å². The Balaban J connectivity index is 0.000000162. The Morgan fingerprint density at radius 3 is 1.40 bits per heavy atom. The lowest BCUT2D eigenvalue weighted by Gasteiger charge is -1.67. The van der Waals surface area contributed by atoms with Gasteiger partial charge in [-0.25, -0.2) is 4.79 Å². The first-order chi connectivity index (χ1) is 4.77. The van der Waals surface area contributed by atoms with Crippen LogP contribution in [0, 0.1) is 0 Å². The SMILES string of the molecule is C1CCCC1.O=CC(=O)O. The number of hydrogen-bond donors (Lipinski definition) is 1. The average molecular weight is 144 g/mol. The van der Waals surface area contributed by atoms with Crippen LogP contribution in [-0.2, 0) is 9.59 Å². The summed E-state index contributed by atoms with van der Waals surface area (Å²) in [6, 6.07) is 0. The summed E-state index contributed by atoms with van der Waals surface area (Å²) in [6.45, 7) is 0. The molecule has 0 bridgehead atoms. The topological polar surface area (TPSA) is 54.4 Å². The Hall–Kier alpha value is -0.860. The summed E-state index contributed by atoms with van der Waals surface area (Å²) in [5, 5.41) is 7.35. The molecule has 0 saturated heterocycles. The lowest BCUT2D eigenvalue weighted by atomic mass is 10.4. The molecule has 1 aliphatic rings. The molecule has 1 fully saturated rings. The van der Waals surface area contributed by atoms with Crippen molar-refractivity contribution < 1.29 is 14.7 Å². The first-order valence-corrected chi connectivity index (χ1v) is 3.45. The fraction of sp³-hybridized carbons (Fsp3) is 0.714. The van der Waals surface area contributed by atoms with Crippen molar-refractivity contribution in [3.63, 3.8) is 0 Å². The molecular weight excluding hydrogens is 132 g/mol. The first kappa shape index (κ1) is 9.14. The number of hydrogen-bond acceptors (Lipinski definition) is 2. The number of carboxylic acid groups (broad SMARTS) is 1. The minimum Gasteiger partial charge on any atom is -0.476 e. The highest BCUT2D eigenvalue weighted by Crippen LogP contribution is 2.15. The van der Waals surface area contributed by atoms with Gasteiger partial charge in [0.2, 0.25) is 6.29 Å². The molecule has 1 rings (SSSR count). The van der Waals surface area contributed by atoms with E-state index in [0.29, 0.717) is 0 Å². The quantitative estimate of drug-likeness (QED) is 0.444. The van der Waals surface area contributed by atoms with Gasteiger partial charge in [-0.3, -0.25) is 4.79 Å². The molecule has 0 aromatic heterocycles. The van der Waals surface area contributed by atoms with Crippen molar-refractivity contribution in [3.05, 3.63) is 0 Å². The minimum absolute atomic E-state index is 0.167. The van der Waals surface area contributed by atoms with Crippen LogP contribution >= 0.6 is 0 Å². The second kappa shape index (κ2) is 6.26. The molecule has 1 aliphatic carbocycles.